The molecule has 1 aliphatic heterocycles. The second-order valence-corrected chi connectivity index (χ2v) is 5.32. The lowest BCUT2D eigenvalue weighted by molar-refractivity contribution is 0.461. The SMILES string of the molecule is C/C1=C\C(C)(C)CCSCC1. The molecule has 0 aliphatic carbocycles. The highest BCUT2D eigenvalue weighted by Gasteiger charge is 2.15. The van der Waals surface area contributed by atoms with Crippen molar-refractivity contribution in [2.24, 2.45) is 5.41 Å². The van der Waals surface area contributed by atoms with E-state index in [1.54, 1.807) is 5.57 Å². The van der Waals surface area contributed by atoms with Crippen molar-refractivity contribution in [1.82, 2.24) is 0 Å². The van der Waals surface area contributed by atoms with Gasteiger partial charge in [-0.05, 0) is 36.7 Å². The molecule has 0 fully saturated rings. The van der Waals surface area contributed by atoms with Gasteiger partial charge in [0.1, 0.15) is 0 Å². The Kier molecular flexibility index (Phi) is 3.06. The van der Waals surface area contributed by atoms with E-state index >= 15 is 0 Å². The number of allylic oxidation sites excluding steroid dienone is 2. The van der Waals surface area contributed by atoms with E-state index in [9.17, 15) is 0 Å². The van der Waals surface area contributed by atoms with Gasteiger partial charge in [-0.25, -0.2) is 0 Å². The van der Waals surface area contributed by atoms with Crippen molar-refractivity contribution in [2.45, 2.75) is 33.6 Å². The number of hydrogen-bond acceptors (Lipinski definition) is 1. The molecule has 0 unspecified atom stereocenters. The topological polar surface area (TPSA) is 0 Å². The van der Waals surface area contributed by atoms with Crippen molar-refractivity contribution in [3.63, 3.8) is 0 Å². The molecule has 1 aliphatic rings. The van der Waals surface area contributed by atoms with Crippen LogP contribution in [-0.4, -0.2) is 11.5 Å². The minimum atomic E-state index is 0.442. The molecule has 0 saturated heterocycles. The molecule has 64 valence electrons. The first kappa shape index (κ1) is 9.18. The van der Waals surface area contributed by atoms with E-state index < -0.39 is 0 Å². The van der Waals surface area contributed by atoms with Crippen LogP contribution in [0.25, 0.3) is 0 Å². The van der Waals surface area contributed by atoms with Gasteiger partial charge in [-0.3, -0.25) is 0 Å². The summed E-state index contributed by atoms with van der Waals surface area (Å²) in [5.74, 6) is 2.65. The third-order valence-corrected chi connectivity index (χ3v) is 3.15. The number of thioether (sulfide) groups is 1. The van der Waals surface area contributed by atoms with Crippen LogP contribution in [0.4, 0.5) is 0 Å². The Morgan fingerprint density at radius 2 is 2.09 bits per heavy atom. The molecule has 1 heterocycles. The molecule has 0 aromatic carbocycles. The Balaban J connectivity index is 2.64. The van der Waals surface area contributed by atoms with Crippen molar-refractivity contribution in [2.75, 3.05) is 11.5 Å². The highest BCUT2D eigenvalue weighted by Crippen LogP contribution is 2.29. The lowest BCUT2D eigenvalue weighted by Crippen LogP contribution is -2.11. The van der Waals surface area contributed by atoms with Gasteiger partial charge in [0.05, 0.1) is 0 Å². The third-order valence-electron chi connectivity index (χ3n) is 2.17. The molecule has 0 amide bonds. The molecule has 0 bridgehead atoms. The zero-order valence-corrected chi connectivity index (χ0v) is 8.63. The van der Waals surface area contributed by atoms with Crippen LogP contribution in [-0.2, 0) is 0 Å². The predicted octanol–water partition coefficient (Wildman–Crippen LogP) is 3.49. The molecule has 0 aromatic rings. The van der Waals surface area contributed by atoms with E-state index in [-0.39, 0.29) is 0 Å². The molecular formula is C10H18S. The normalized spacial score (nSPS) is 29.9. The second-order valence-electron chi connectivity index (χ2n) is 4.09. The molecular weight excluding hydrogens is 152 g/mol. The van der Waals surface area contributed by atoms with Crippen LogP contribution in [0.1, 0.15) is 33.6 Å². The van der Waals surface area contributed by atoms with E-state index in [4.69, 9.17) is 0 Å². The van der Waals surface area contributed by atoms with Crippen LogP contribution in [0, 0.1) is 5.41 Å². The summed E-state index contributed by atoms with van der Waals surface area (Å²) in [4.78, 5) is 0. The summed E-state index contributed by atoms with van der Waals surface area (Å²) in [6, 6.07) is 0. The standard InChI is InChI=1S/C10H18S/c1-9-4-6-11-7-5-10(2,3)8-9/h8H,4-7H2,1-3H3/b9-8+. The van der Waals surface area contributed by atoms with Crippen molar-refractivity contribution in [1.29, 1.82) is 0 Å². The van der Waals surface area contributed by atoms with E-state index in [1.165, 1.54) is 24.3 Å². The van der Waals surface area contributed by atoms with E-state index in [0.29, 0.717) is 5.41 Å². The van der Waals surface area contributed by atoms with Crippen molar-refractivity contribution >= 4 is 11.8 Å². The largest absolute Gasteiger partial charge is 0.162 e. The summed E-state index contributed by atoms with van der Waals surface area (Å²) in [7, 11) is 0. The van der Waals surface area contributed by atoms with Crippen LogP contribution < -0.4 is 0 Å². The molecule has 0 saturated carbocycles. The summed E-state index contributed by atoms with van der Waals surface area (Å²) < 4.78 is 0. The Morgan fingerprint density at radius 1 is 1.36 bits per heavy atom. The average Bonchev–Trinajstić information content (AvgIpc) is 1.82. The number of rotatable bonds is 0. The first-order chi connectivity index (χ1) is 5.10. The summed E-state index contributed by atoms with van der Waals surface area (Å²) in [6.07, 6.45) is 5.07. The van der Waals surface area contributed by atoms with E-state index in [0.717, 1.165) is 0 Å². The fraction of sp³-hybridized carbons (Fsp3) is 0.800. The first-order valence-electron chi connectivity index (χ1n) is 4.36. The lowest BCUT2D eigenvalue weighted by Gasteiger charge is -2.23. The highest BCUT2D eigenvalue weighted by atomic mass is 32.2. The van der Waals surface area contributed by atoms with Crippen molar-refractivity contribution in [3.05, 3.63) is 11.6 Å². The molecule has 0 N–H and O–H groups in total. The first-order valence-corrected chi connectivity index (χ1v) is 5.52. The van der Waals surface area contributed by atoms with Crippen LogP contribution in [0.5, 0.6) is 0 Å². The lowest BCUT2D eigenvalue weighted by atomic mass is 9.87. The van der Waals surface area contributed by atoms with Gasteiger partial charge in [0.25, 0.3) is 0 Å². The maximum atomic E-state index is 2.45. The number of hydrogen-bond donors (Lipinski definition) is 0. The predicted molar refractivity (Wildman–Crippen MR) is 54.1 cm³/mol. The van der Waals surface area contributed by atoms with Crippen molar-refractivity contribution < 1.29 is 0 Å². The van der Waals surface area contributed by atoms with Gasteiger partial charge in [-0.15, -0.1) is 0 Å². The fourth-order valence-corrected chi connectivity index (χ4v) is 2.82. The van der Waals surface area contributed by atoms with Gasteiger partial charge in [0.15, 0.2) is 0 Å². The molecule has 0 atom stereocenters. The Bertz CT molecular complexity index is 156. The molecule has 11 heavy (non-hydrogen) atoms. The fourth-order valence-electron chi connectivity index (χ4n) is 1.48. The van der Waals surface area contributed by atoms with Gasteiger partial charge >= 0.3 is 0 Å². The van der Waals surface area contributed by atoms with Gasteiger partial charge in [0, 0.05) is 0 Å². The second kappa shape index (κ2) is 3.66. The maximum absolute atomic E-state index is 2.45. The monoisotopic (exact) mass is 170 g/mol. The smallest absolute Gasteiger partial charge is 0.00303 e. The Morgan fingerprint density at radius 3 is 2.82 bits per heavy atom. The minimum Gasteiger partial charge on any atom is -0.162 e. The van der Waals surface area contributed by atoms with Crippen molar-refractivity contribution in [3.8, 4) is 0 Å². The Hall–Kier alpha value is 0.0900. The molecule has 0 nitrogen and oxygen atoms in total. The molecule has 1 rings (SSSR count). The summed E-state index contributed by atoms with van der Waals surface area (Å²) in [5, 5.41) is 0. The Labute approximate surface area is 74.5 Å². The molecule has 0 radical (unpaired) electrons. The summed E-state index contributed by atoms with van der Waals surface area (Å²) in [6.45, 7) is 6.93. The molecule has 0 spiro atoms. The van der Waals surface area contributed by atoms with Crippen LogP contribution in [0.15, 0.2) is 11.6 Å². The van der Waals surface area contributed by atoms with Crippen LogP contribution >= 0.6 is 11.8 Å². The minimum absolute atomic E-state index is 0.442. The van der Waals surface area contributed by atoms with Gasteiger partial charge < -0.3 is 0 Å². The summed E-state index contributed by atoms with van der Waals surface area (Å²) in [5.41, 5.74) is 2.01. The quantitative estimate of drug-likeness (QED) is 0.501. The highest BCUT2D eigenvalue weighted by molar-refractivity contribution is 7.99. The zero-order valence-electron chi connectivity index (χ0n) is 7.81. The van der Waals surface area contributed by atoms with Gasteiger partial charge in [-0.1, -0.05) is 25.5 Å². The zero-order chi connectivity index (χ0) is 8.32. The third kappa shape index (κ3) is 3.33. The van der Waals surface area contributed by atoms with Gasteiger partial charge in [-0.2, -0.15) is 11.8 Å². The molecule has 1 heteroatoms. The van der Waals surface area contributed by atoms with Crippen LogP contribution in [0.3, 0.4) is 0 Å². The maximum Gasteiger partial charge on any atom is -0.00303 e. The average molecular weight is 170 g/mol. The molecule has 0 aromatic heterocycles. The van der Waals surface area contributed by atoms with Gasteiger partial charge in [0.2, 0.25) is 0 Å². The van der Waals surface area contributed by atoms with Crippen LogP contribution in [0.2, 0.25) is 0 Å². The summed E-state index contributed by atoms with van der Waals surface area (Å²) >= 11 is 2.09. The van der Waals surface area contributed by atoms with E-state index in [2.05, 4.69) is 38.6 Å². The van der Waals surface area contributed by atoms with E-state index in [1.807, 2.05) is 0 Å².